The molecule has 0 aromatic rings. The van der Waals surface area contributed by atoms with Crippen molar-refractivity contribution < 1.29 is 14.6 Å². The van der Waals surface area contributed by atoms with E-state index in [9.17, 15) is 4.79 Å². The van der Waals surface area contributed by atoms with Crippen molar-refractivity contribution in [3.8, 4) is 0 Å². The maximum absolute atomic E-state index is 10.2. The van der Waals surface area contributed by atoms with Crippen LogP contribution in [0.5, 0.6) is 0 Å². The molecule has 0 unspecified atom stereocenters. The first-order valence-corrected chi connectivity index (χ1v) is 3.29. The molecule has 0 saturated heterocycles. The minimum absolute atomic E-state index is 0.0264. The summed E-state index contributed by atoms with van der Waals surface area (Å²) in [6, 6.07) is 0. The third kappa shape index (κ3) is 15.9. The Morgan fingerprint density at radius 2 is 2.33 bits per heavy atom. The predicted molar refractivity (Wildman–Crippen MR) is 47.0 cm³/mol. The number of carbonyl (C=O) groups is 1. The van der Waals surface area contributed by atoms with E-state index >= 15 is 0 Å². The normalized spacial score (nSPS) is 7.17. The van der Waals surface area contributed by atoms with E-state index in [1.54, 1.807) is 6.08 Å². The van der Waals surface area contributed by atoms with Crippen molar-refractivity contribution in [2.24, 2.45) is 5.10 Å². The summed E-state index contributed by atoms with van der Waals surface area (Å²) >= 11 is 0. The van der Waals surface area contributed by atoms with E-state index in [-0.39, 0.29) is 13.2 Å². The van der Waals surface area contributed by atoms with Crippen LogP contribution in [0.15, 0.2) is 17.8 Å². The van der Waals surface area contributed by atoms with Crippen LogP contribution in [0.1, 0.15) is 6.92 Å². The topological polar surface area (TPSA) is 70.9 Å². The number of hydrazone groups is 1. The zero-order valence-corrected chi connectivity index (χ0v) is 7.12. The van der Waals surface area contributed by atoms with Crippen LogP contribution in [0.25, 0.3) is 0 Å². The first-order chi connectivity index (χ1) is 5.72. The van der Waals surface area contributed by atoms with E-state index in [1.807, 2.05) is 12.3 Å². The van der Waals surface area contributed by atoms with E-state index in [1.165, 1.54) is 0 Å². The Hall–Kier alpha value is -1.36. The standard InChI is InChI=1S/C4H8N2O3.C3H6/c1-5-6-4(8)9-3-2-7;1-3-2/h7H,1-3H2,(H,6,8);3H,1H2,2H3. The van der Waals surface area contributed by atoms with Gasteiger partial charge in [0, 0.05) is 6.72 Å². The molecule has 0 spiro atoms. The fourth-order valence-corrected chi connectivity index (χ4v) is 0.235. The van der Waals surface area contributed by atoms with Gasteiger partial charge in [-0.1, -0.05) is 6.08 Å². The zero-order chi connectivity index (χ0) is 9.82. The maximum atomic E-state index is 10.2. The van der Waals surface area contributed by atoms with Crippen LogP contribution in [0.4, 0.5) is 4.79 Å². The predicted octanol–water partition coefficient (Wildman–Crippen LogP) is 0.513. The highest BCUT2D eigenvalue weighted by Gasteiger charge is 1.95. The molecule has 0 heterocycles. The number of nitrogens with zero attached hydrogens (tertiary/aromatic N) is 1. The van der Waals surface area contributed by atoms with Crippen molar-refractivity contribution in [2.45, 2.75) is 6.92 Å². The first-order valence-electron chi connectivity index (χ1n) is 3.29. The lowest BCUT2D eigenvalue weighted by Gasteiger charge is -1.98. The molecule has 0 aliphatic rings. The molecule has 0 atom stereocenters. The highest BCUT2D eigenvalue weighted by atomic mass is 16.6. The van der Waals surface area contributed by atoms with Gasteiger partial charge in [0.25, 0.3) is 0 Å². The summed E-state index contributed by atoms with van der Waals surface area (Å²) in [5.74, 6) is 0. The molecule has 0 aliphatic heterocycles. The molecule has 0 bridgehead atoms. The van der Waals surface area contributed by atoms with Gasteiger partial charge in [-0.2, -0.15) is 5.10 Å². The number of nitrogens with one attached hydrogen (secondary N) is 1. The van der Waals surface area contributed by atoms with Crippen molar-refractivity contribution in [3.05, 3.63) is 12.7 Å². The van der Waals surface area contributed by atoms with Gasteiger partial charge in [-0.05, 0) is 6.92 Å². The molecule has 0 aliphatic carbocycles. The number of hydrogen-bond donors (Lipinski definition) is 2. The third-order valence-electron chi connectivity index (χ3n) is 0.495. The van der Waals surface area contributed by atoms with Crippen molar-refractivity contribution in [1.82, 2.24) is 5.43 Å². The van der Waals surface area contributed by atoms with Crippen LogP contribution >= 0.6 is 0 Å². The smallest absolute Gasteiger partial charge is 0.427 e. The van der Waals surface area contributed by atoms with Crippen LogP contribution in [0.2, 0.25) is 0 Å². The van der Waals surface area contributed by atoms with E-state index < -0.39 is 6.09 Å². The lowest BCUT2D eigenvalue weighted by atomic mass is 10.8. The second-order valence-electron chi connectivity index (χ2n) is 1.54. The van der Waals surface area contributed by atoms with Gasteiger partial charge in [0.05, 0.1) is 6.61 Å². The molecule has 0 aromatic heterocycles. The van der Waals surface area contributed by atoms with E-state index in [0.717, 1.165) is 0 Å². The van der Waals surface area contributed by atoms with Crippen LogP contribution in [-0.4, -0.2) is 31.1 Å². The number of amides is 1. The quantitative estimate of drug-likeness (QED) is 0.372. The van der Waals surface area contributed by atoms with Crippen LogP contribution in [0, 0.1) is 0 Å². The molecule has 0 radical (unpaired) electrons. The molecule has 12 heavy (non-hydrogen) atoms. The van der Waals surface area contributed by atoms with Crippen LogP contribution in [0.3, 0.4) is 0 Å². The van der Waals surface area contributed by atoms with Gasteiger partial charge in [-0.3, -0.25) is 0 Å². The Morgan fingerprint density at radius 1 is 1.83 bits per heavy atom. The van der Waals surface area contributed by atoms with Gasteiger partial charge in [0.15, 0.2) is 0 Å². The Kier molecular flexibility index (Phi) is 13.6. The molecule has 0 saturated carbocycles. The monoisotopic (exact) mass is 174 g/mol. The van der Waals surface area contributed by atoms with Crippen molar-refractivity contribution >= 4 is 12.8 Å². The Morgan fingerprint density at radius 3 is 2.67 bits per heavy atom. The second-order valence-corrected chi connectivity index (χ2v) is 1.54. The Labute approximate surface area is 71.7 Å². The zero-order valence-electron chi connectivity index (χ0n) is 7.12. The maximum Gasteiger partial charge on any atom is 0.427 e. The van der Waals surface area contributed by atoms with Crippen molar-refractivity contribution in [1.29, 1.82) is 0 Å². The highest BCUT2D eigenvalue weighted by molar-refractivity contribution is 5.67. The lowest BCUT2D eigenvalue weighted by Crippen LogP contribution is -2.19. The fourth-order valence-electron chi connectivity index (χ4n) is 0.235. The van der Waals surface area contributed by atoms with Gasteiger partial charge in [-0.15, -0.1) is 6.58 Å². The van der Waals surface area contributed by atoms with Crippen molar-refractivity contribution in [3.63, 3.8) is 0 Å². The molecule has 0 fully saturated rings. The van der Waals surface area contributed by atoms with E-state index in [0.29, 0.717) is 0 Å². The number of carbonyl (C=O) groups excluding carboxylic acids is 1. The van der Waals surface area contributed by atoms with Crippen LogP contribution < -0.4 is 5.43 Å². The average molecular weight is 174 g/mol. The number of allylic oxidation sites excluding steroid dienone is 1. The molecule has 70 valence electrons. The number of aliphatic hydroxyl groups excluding tert-OH is 1. The number of aliphatic hydroxyl groups is 1. The molecular formula is C7H14N2O3. The van der Waals surface area contributed by atoms with Gasteiger partial charge in [0.2, 0.25) is 0 Å². The fraction of sp³-hybridized carbons (Fsp3) is 0.429. The number of hydrogen-bond acceptors (Lipinski definition) is 4. The van der Waals surface area contributed by atoms with E-state index in [4.69, 9.17) is 5.11 Å². The average Bonchev–Trinajstić information content (AvgIpc) is 2.03. The van der Waals surface area contributed by atoms with Gasteiger partial charge in [-0.25, -0.2) is 10.2 Å². The summed E-state index contributed by atoms with van der Waals surface area (Å²) in [4.78, 5) is 10.2. The SMILES string of the molecule is C=CC.C=NNC(=O)OCCO. The summed E-state index contributed by atoms with van der Waals surface area (Å²) in [6.45, 7) is 8.02. The summed E-state index contributed by atoms with van der Waals surface area (Å²) in [5.41, 5.74) is 1.92. The van der Waals surface area contributed by atoms with E-state index in [2.05, 4.69) is 23.1 Å². The molecule has 0 rings (SSSR count). The Balaban J connectivity index is 0. The molecule has 1 amide bonds. The first kappa shape index (κ1) is 13.2. The molecule has 0 aromatic carbocycles. The van der Waals surface area contributed by atoms with Crippen LogP contribution in [-0.2, 0) is 4.74 Å². The van der Waals surface area contributed by atoms with Gasteiger partial charge < -0.3 is 9.84 Å². The lowest BCUT2D eigenvalue weighted by molar-refractivity contribution is 0.119. The molecule has 2 N–H and O–H groups in total. The van der Waals surface area contributed by atoms with Gasteiger partial charge in [0.1, 0.15) is 6.61 Å². The minimum Gasteiger partial charge on any atom is -0.446 e. The van der Waals surface area contributed by atoms with Crippen molar-refractivity contribution in [2.75, 3.05) is 13.2 Å². The largest absolute Gasteiger partial charge is 0.446 e. The number of rotatable bonds is 3. The summed E-state index contributed by atoms with van der Waals surface area (Å²) in [5, 5.41) is 11.2. The summed E-state index contributed by atoms with van der Waals surface area (Å²) in [7, 11) is 0. The summed E-state index contributed by atoms with van der Waals surface area (Å²) in [6.07, 6.45) is 1.04. The summed E-state index contributed by atoms with van der Waals surface area (Å²) < 4.78 is 4.30. The highest BCUT2D eigenvalue weighted by Crippen LogP contribution is 1.73. The second kappa shape index (κ2) is 12.3. The molecule has 5 heteroatoms. The third-order valence-corrected chi connectivity index (χ3v) is 0.495. The molecule has 5 nitrogen and oxygen atoms in total. The Bertz CT molecular complexity index is 137. The molecular weight excluding hydrogens is 160 g/mol. The minimum atomic E-state index is -0.709. The van der Waals surface area contributed by atoms with Gasteiger partial charge >= 0.3 is 6.09 Å². The number of ether oxygens (including phenoxy) is 1.